The van der Waals surface area contributed by atoms with E-state index >= 15 is 0 Å². The molecule has 31 heavy (non-hydrogen) atoms. The van der Waals surface area contributed by atoms with E-state index in [1.807, 2.05) is 0 Å². The molecule has 0 aromatic carbocycles. The summed E-state index contributed by atoms with van der Waals surface area (Å²) in [6.45, 7) is 5.88. The van der Waals surface area contributed by atoms with Crippen molar-refractivity contribution in [3.63, 3.8) is 0 Å². The fourth-order valence-electron chi connectivity index (χ4n) is 11.1. The maximum atomic E-state index is 12.1. The van der Waals surface area contributed by atoms with Crippen LogP contribution in [0.5, 0.6) is 0 Å². The zero-order chi connectivity index (χ0) is 21.5. The lowest BCUT2D eigenvalue weighted by molar-refractivity contribution is -0.304. The molecule has 3 nitrogen and oxygen atoms in total. The van der Waals surface area contributed by atoms with E-state index in [1.54, 1.807) is 0 Å². The third kappa shape index (κ3) is 2.81. The molecular weight excluding hydrogens is 382 g/mol. The summed E-state index contributed by atoms with van der Waals surface area (Å²) in [5.74, 6) is 2.64. The molecule has 5 saturated carbocycles. The SMILES string of the molecule is CCCCC[C@H]1C[C@H]2[C@H]3NCCC[C@@H]3C[C@@]34[C@@H](O)C[C@]5(C)CCC[C@@](O)(C5)[C@@H]3C[C@]24C1. The van der Waals surface area contributed by atoms with E-state index < -0.39 is 5.60 Å². The highest BCUT2D eigenvalue weighted by atomic mass is 16.3. The molecule has 1 aliphatic heterocycles. The highest BCUT2D eigenvalue weighted by Crippen LogP contribution is 2.82. The Morgan fingerprint density at radius 1 is 1.03 bits per heavy atom. The van der Waals surface area contributed by atoms with Crippen molar-refractivity contribution in [3.05, 3.63) is 0 Å². The van der Waals surface area contributed by atoms with E-state index in [9.17, 15) is 10.2 Å². The topological polar surface area (TPSA) is 52.5 Å². The molecule has 0 aromatic rings. The van der Waals surface area contributed by atoms with Gasteiger partial charge in [0.25, 0.3) is 0 Å². The number of aliphatic hydroxyl groups is 2. The van der Waals surface area contributed by atoms with Crippen molar-refractivity contribution >= 4 is 0 Å². The molecule has 10 atom stereocenters. The highest BCUT2D eigenvalue weighted by Gasteiger charge is 2.80. The molecule has 6 rings (SSSR count). The molecular formula is C28H47NO2. The van der Waals surface area contributed by atoms with Crippen LogP contribution in [0.2, 0.25) is 0 Å². The summed E-state index contributed by atoms with van der Waals surface area (Å²) in [5, 5.41) is 28.2. The smallest absolute Gasteiger partial charge is 0.0687 e. The standard InChI is InChI=1S/C28H47NO2/c1-3-4-5-8-19-13-21-24-20(9-6-12-29-24)15-28-22(16-26(21,28)14-19)27(31)11-7-10-25(2,18-27)17-23(28)30/h19-24,29-31H,3-18H2,1-2H3/t19-,20+,21-,22-,23-,24-,25-,26+,27+,28-/m0/s1. The quantitative estimate of drug-likeness (QED) is 0.522. The van der Waals surface area contributed by atoms with Crippen LogP contribution >= 0.6 is 0 Å². The molecule has 2 spiro atoms. The van der Waals surface area contributed by atoms with Crippen LogP contribution in [-0.4, -0.2) is 34.5 Å². The number of rotatable bonds is 4. The number of piperidine rings is 1. The van der Waals surface area contributed by atoms with E-state index in [1.165, 1.54) is 77.2 Å². The van der Waals surface area contributed by atoms with Crippen LogP contribution in [0.15, 0.2) is 0 Å². The van der Waals surface area contributed by atoms with Crippen molar-refractivity contribution in [2.75, 3.05) is 6.54 Å². The molecule has 0 radical (unpaired) electrons. The molecule has 3 N–H and O–H groups in total. The van der Waals surface area contributed by atoms with Crippen LogP contribution in [0.4, 0.5) is 0 Å². The van der Waals surface area contributed by atoms with Gasteiger partial charge in [-0.1, -0.05) is 46.0 Å². The molecule has 5 aliphatic carbocycles. The Labute approximate surface area is 190 Å². The normalized spacial score (nSPS) is 57.7. The van der Waals surface area contributed by atoms with Gasteiger partial charge >= 0.3 is 0 Å². The predicted octanol–water partition coefficient (Wildman–Crippen LogP) is 5.43. The van der Waals surface area contributed by atoms with Crippen molar-refractivity contribution in [1.82, 2.24) is 5.32 Å². The van der Waals surface area contributed by atoms with Gasteiger partial charge in [0.15, 0.2) is 0 Å². The minimum atomic E-state index is -0.518. The van der Waals surface area contributed by atoms with Gasteiger partial charge in [-0.15, -0.1) is 0 Å². The Morgan fingerprint density at radius 2 is 1.90 bits per heavy atom. The van der Waals surface area contributed by atoms with Gasteiger partial charge in [0.05, 0.1) is 11.7 Å². The van der Waals surface area contributed by atoms with Gasteiger partial charge in [0.1, 0.15) is 0 Å². The third-order valence-electron chi connectivity index (χ3n) is 12.0. The van der Waals surface area contributed by atoms with Gasteiger partial charge in [0.2, 0.25) is 0 Å². The van der Waals surface area contributed by atoms with Crippen LogP contribution in [0, 0.1) is 39.9 Å². The Kier molecular flexibility index (Phi) is 4.97. The Bertz CT molecular complexity index is 711. The molecule has 0 aromatic heterocycles. The van der Waals surface area contributed by atoms with Gasteiger partial charge in [-0.25, -0.2) is 0 Å². The maximum Gasteiger partial charge on any atom is 0.0687 e. The molecule has 1 heterocycles. The number of aliphatic hydroxyl groups excluding tert-OH is 1. The summed E-state index contributed by atoms with van der Waals surface area (Å²) in [6.07, 6.45) is 18.2. The van der Waals surface area contributed by atoms with Gasteiger partial charge in [-0.05, 0) is 105 Å². The van der Waals surface area contributed by atoms with Crippen molar-refractivity contribution < 1.29 is 10.2 Å². The molecule has 6 fully saturated rings. The van der Waals surface area contributed by atoms with Crippen LogP contribution in [-0.2, 0) is 0 Å². The van der Waals surface area contributed by atoms with Gasteiger partial charge in [-0.3, -0.25) is 0 Å². The largest absolute Gasteiger partial charge is 0.392 e. The monoisotopic (exact) mass is 429 g/mol. The van der Waals surface area contributed by atoms with E-state index in [0.29, 0.717) is 23.3 Å². The third-order valence-corrected chi connectivity index (χ3v) is 12.0. The summed E-state index contributed by atoms with van der Waals surface area (Å²) in [5.41, 5.74) is -0.0945. The van der Waals surface area contributed by atoms with Gasteiger partial charge in [0, 0.05) is 11.5 Å². The zero-order valence-corrected chi connectivity index (χ0v) is 20.2. The lowest BCUT2D eigenvalue weighted by Gasteiger charge is -2.75. The second-order valence-electron chi connectivity index (χ2n) is 13.6. The highest BCUT2D eigenvalue weighted by molar-refractivity contribution is 5.29. The van der Waals surface area contributed by atoms with E-state index in [0.717, 1.165) is 37.5 Å². The first-order valence-corrected chi connectivity index (χ1v) is 14.0. The summed E-state index contributed by atoms with van der Waals surface area (Å²) in [7, 11) is 0. The zero-order valence-electron chi connectivity index (χ0n) is 20.2. The molecule has 6 aliphatic rings. The Hall–Kier alpha value is -0.120. The molecule has 0 amide bonds. The lowest BCUT2D eigenvalue weighted by Crippen LogP contribution is -2.75. The van der Waals surface area contributed by atoms with Crippen LogP contribution in [0.1, 0.15) is 110 Å². The fourth-order valence-corrected chi connectivity index (χ4v) is 11.1. The molecule has 1 saturated heterocycles. The number of hydrogen-bond acceptors (Lipinski definition) is 3. The number of unbranched alkanes of at least 4 members (excludes halogenated alkanes) is 2. The minimum absolute atomic E-state index is 0.00574. The first-order valence-electron chi connectivity index (χ1n) is 14.0. The maximum absolute atomic E-state index is 12.1. The molecule has 0 unspecified atom stereocenters. The Balaban J connectivity index is 1.40. The number of nitrogens with one attached hydrogen (secondary N) is 1. The van der Waals surface area contributed by atoms with Crippen molar-refractivity contribution in [2.24, 2.45) is 39.9 Å². The van der Waals surface area contributed by atoms with E-state index in [-0.39, 0.29) is 16.9 Å². The summed E-state index contributed by atoms with van der Waals surface area (Å²) >= 11 is 0. The lowest BCUT2D eigenvalue weighted by atomic mass is 9.31. The first kappa shape index (κ1) is 21.4. The van der Waals surface area contributed by atoms with Crippen LogP contribution in [0.3, 0.4) is 0 Å². The summed E-state index contributed by atoms with van der Waals surface area (Å²) < 4.78 is 0. The van der Waals surface area contributed by atoms with Crippen LogP contribution in [0.25, 0.3) is 0 Å². The molecule has 2 bridgehead atoms. The first-order chi connectivity index (χ1) is 14.9. The average molecular weight is 430 g/mol. The van der Waals surface area contributed by atoms with E-state index in [2.05, 4.69) is 19.2 Å². The minimum Gasteiger partial charge on any atom is -0.392 e. The number of hydrogen-bond donors (Lipinski definition) is 3. The van der Waals surface area contributed by atoms with E-state index in [4.69, 9.17) is 0 Å². The summed E-state index contributed by atoms with van der Waals surface area (Å²) in [6, 6.07) is 0.677. The van der Waals surface area contributed by atoms with Gasteiger partial charge < -0.3 is 15.5 Å². The summed E-state index contributed by atoms with van der Waals surface area (Å²) in [4.78, 5) is 0. The fraction of sp³-hybridized carbons (Fsp3) is 1.00. The van der Waals surface area contributed by atoms with Crippen molar-refractivity contribution in [2.45, 2.75) is 128 Å². The van der Waals surface area contributed by atoms with Gasteiger partial charge in [-0.2, -0.15) is 0 Å². The Morgan fingerprint density at radius 3 is 2.74 bits per heavy atom. The second kappa shape index (κ2) is 7.19. The predicted molar refractivity (Wildman–Crippen MR) is 125 cm³/mol. The molecule has 176 valence electrons. The average Bonchev–Trinajstić information content (AvgIpc) is 3.10. The van der Waals surface area contributed by atoms with Crippen molar-refractivity contribution in [3.8, 4) is 0 Å². The number of fused-ring (bicyclic) bond motifs is 5. The molecule has 3 heteroatoms. The van der Waals surface area contributed by atoms with Crippen molar-refractivity contribution in [1.29, 1.82) is 0 Å². The van der Waals surface area contributed by atoms with Crippen LogP contribution < -0.4 is 5.32 Å². The second-order valence-corrected chi connectivity index (χ2v) is 13.6.